The van der Waals surface area contributed by atoms with Crippen molar-refractivity contribution in [2.75, 3.05) is 5.32 Å². The van der Waals surface area contributed by atoms with E-state index in [1.165, 1.54) is 42.6 Å². The molecule has 1 atom stereocenters. The minimum absolute atomic E-state index is 0.134. The Morgan fingerprint density at radius 2 is 1.78 bits per heavy atom. The first kappa shape index (κ1) is 18.0. The highest BCUT2D eigenvalue weighted by Gasteiger charge is 2.27. The van der Waals surface area contributed by atoms with Crippen molar-refractivity contribution >= 4 is 17.4 Å². The van der Waals surface area contributed by atoms with Gasteiger partial charge in [-0.3, -0.25) is 4.79 Å². The molecule has 0 bridgehead atoms. The van der Waals surface area contributed by atoms with Gasteiger partial charge in [0.05, 0.1) is 0 Å². The predicted octanol–water partition coefficient (Wildman–Crippen LogP) is 3.89. The van der Waals surface area contributed by atoms with Gasteiger partial charge in [0.15, 0.2) is 0 Å². The van der Waals surface area contributed by atoms with Crippen LogP contribution in [-0.4, -0.2) is 15.8 Å². The van der Waals surface area contributed by atoms with Crippen molar-refractivity contribution in [3.63, 3.8) is 0 Å². The minimum atomic E-state index is -1.17. The second-order valence-electron chi connectivity index (χ2n) is 5.49. The quantitative estimate of drug-likeness (QED) is 0.527. The zero-order valence-electron chi connectivity index (χ0n) is 13.9. The number of carbonyl (C=O) groups excluding carboxylic acids is 1. The highest BCUT2D eigenvalue weighted by atomic mass is 19.1. The summed E-state index contributed by atoms with van der Waals surface area (Å²) >= 11 is 0. The Bertz CT molecular complexity index is 949. The molecule has 7 nitrogen and oxygen atoms in total. The fourth-order valence-corrected chi connectivity index (χ4v) is 2.38. The fourth-order valence-electron chi connectivity index (χ4n) is 2.38. The lowest BCUT2D eigenvalue weighted by Gasteiger charge is -2.19. The van der Waals surface area contributed by atoms with Crippen LogP contribution in [0.15, 0.2) is 72.9 Å². The molecule has 3 rings (SSSR count). The van der Waals surface area contributed by atoms with Crippen molar-refractivity contribution in [2.45, 2.75) is 6.10 Å². The molecular weight excluding hydrogens is 353 g/mol. The first-order valence-corrected chi connectivity index (χ1v) is 7.92. The van der Waals surface area contributed by atoms with Gasteiger partial charge in [0, 0.05) is 11.3 Å². The molecule has 0 aliphatic rings. The van der Waals surface area contributed by atoms with E-state index in [-0.39, 0.29) is 5.75 Å². The Labute approximate surface area is 153 Å². The maximum Gasteiger partial charge on any atom is 0.406 e. The van der Waals surface area contributed by atoms with Crippen LogP contribution in [-0.2, 0) is 4.79 Å². The van der Waals surface area contributed by atoms with Crippen LogP contribution in [0.1, 0.15) is 11.7 Å². The topological polar surface area (TPSA) is 94.4 Å². The molecule has 0 fully saturated rings. The second kappa shape index (κ2) is 8.05. The highest BCUT2D eigenvalue weighted by Crippen LogP contribution is 2.29. The largest absolute Gasteiger partial charge is 0.467 e. The van der Waals surface area contributed by atoms with Gasteiger partial charge >= 0.3 is 5.82 Å². The molecule has 1 unspecified atom stereocenters. The third-order valence-corrected chi connectivity index (χ3v) is 3.62. The molecule has 1 aromatic heterocycles. The van der Waals surface area contributed by atoms with Gasteiger partial charge < -0.3 is 20.2 Å². The van der Waals surface area contributed by atoms with Crippen molar-refractivity contribution in [3.8, 4) is 5.75 Å². The molecule has 0 saturated heterocycles. The van der Waals surface area contributed by atoms with Crippen LogP contribution in [0.2, 0.25) is 0 Å². The van der Waals surface area contributed by atoms with Crippen molar-refractivity contribution in [1.29, 1.82) is 0 Å². The first-order chi connectivity index (χ1) is 13.0. The number of benzene rings is 2. The van der Waals surface area contributed by atoms with Crippen molar-refractivity contribution in [1.82, 2.24) is 4.98 Å². The molecule has 8 heteroatoms. The maximum atomic E-state index is 13.0. The number of aromatic nitrogens is 1. The van der Waals surface area contributed by atoms with Gasteiger partial charge in [-0.2, -0.15) is 0 Å². The minimum Gasteiger partial charge on any atom is -0.467 e. The normalized spacial score (nSPS) is 11.4. The van der Waals surface area contributed by atoms with E-state index in [0.717, 1.165) is 0 Å². The van der Waals surface area contributed by atoms with E-state index in [2.05, 4.69) is 10.3 Å². The lowest BCUT2D eigenvalue weighted by atomic mass is 10.1. The number of pyridine rings is 1. The number of hydrogen-bond acceptors (Lipinski definition) is 5. The third-order valence-electron chi connectivity index (χ3n) is 3.62. The summed E-state index contributed by atoms with van der Waals surface area (Å²) in [5, 5.41) is 13.8. The van der Waals surface area contributed by atoms with Gasteiger partial charge in [-0.15, -0.1) is 0 Å². The van der Waals surface area contributed by atoms with Crippen LogP contribution in [0.3, 0.4) is 0 Å². The summed E-state index contributed by atoms with van der Waals surface area (Å²) in [7, 11) is 0. The summed E-state index contributed by atoms with van der Waals surface area (Å²) in [6.07, 6.45) is 0.0975. The Morgan fingerprint density at radius 1 is 1.07 bits per heavy atom. The molecule has 2 aromatic carbocycles. The van der Waals surface area contributed by atoms with E-state index in [0.29, 0.717) is 11.3 Å². The molecule has 136 valence electrons. The number of nitro groups is 1. The molecule has 27 heavy (non-hydrogen) atoms. The molecule has 0 aliphatic carbocycles. The van der Waals surface area contributed by atoms with E-state index in [4.69, 9.17) is 4.74 Å². The van der Waals surface area contributed by atoms with Crippen molar-refractivity contribution in [2.24, 2.45) is 0 Å². The van der Waals surface area contributed by atoms with Crippen LogP contribution in [0, 0.1) is 15.9 Å². The lowest BCUT2D eigenvalue weighted by Crippen LogP contribution is -2.26. The third kappa shape index (κ3) is 4.43. The van der Waals surface area contributed by atoms with Crippen LogP contribution >= 0.6 is 0 Å². The van der Waals surface area contributed by atoms with E-state index in [1.807, 2.05) is 0 Å². The Hall–Kier alpha value is -3.81. The van der Waals surface area contributed by atoms with Crippen molar-refractivity contribution < 1.29 is 18.8 Å². The number of nitrogens with one attached hydrogen (secondary N) is 1. The highest BCUT2D eigenvalue weighted by molar-refractivity contribution is 5.95. The molecule has 1 heterocycles. The number of amides is 1. The summed E-state index contributed by atoms with van der Waals surface area (Å²) in [5.41, 5.74) is 0.863. The molecule has 1 amide bonds. The summed E-state index contributed by atoms with van der Waals surface area (Å²) in [5.74, 6) is -1.63. The predicted molar refractivity (Wildman–Crippen MR) is 95.7 cm³/mol. The van der Waals surface area contributed by atoms with Crippen LogP contribution in [0.4, 0.5) is 15.9 Å². The van der Waals surface area contributed by atoms with Gasteiger partial charge in [-0.05, 0) is 46.3 Å². The molecule has 0 saturated carbocycles. The number of nitrogens with zero attached hydrogens (tertiary/aromatic N) is 2. The summed E-state index contributed by atoms with van der Waals surface area (Å²) < 4.78 is 18.7. The lowest BCUT2D eigenvalue weighted by molar-refractivity contribution is -0.390. The standard InChI is InChI=1S/C19H14FN3O4/c20-14-8-10-15(11-9-14)22-19(24)17(13-5-2-1-3-6-13)27-16-7-4-12-21-18(16)23(25)26/h1-12,17H,(H,22,24). The van der Waals surface area contributed by atoms with E-state index in [1.54, 1.807) is 30.3 Å². The number of anilines is 1. The molecular formula is C19H14FN3O4. The molecule has 3 aromatic rings. The van der Waals surface area contributed by atoms with Gasteiger partial charge in [0.25, 0.3) is 5.91 Å². The number of halogens is 1. The number of carbonyl (C=O) groups is 1. The first-order valence-electron chi connectivity index (χ1n) is 7.92. The molecule has 1 N–H and O–H groups in total. The summed E-state index contributed by atoms with van der Waals surface area (Å²) in [4.78, 5) is 26.9. The van der Waals surface area contributed by atoms with E-state index >= 15 is 0 Å². The molecule has 0 aliphatic heterocycles. The van der Waals surface area contributed by atoms with Gasteiger partial charge in [-0.1, -0.05) is 30.3 Å². The van der Waals surface area contributed by atoms with E-state index < -0.39 is 28.6 Å². The fraction of sp³-hybridized carbons (Fsp3) is 0.0526. The van der Waals surface area contributed by atoms with Crippen LogP contribution in [0.25, 0.3) is 0 Å². The monoisotopic (exact) mass is 367 g/mol. The summed E-state index contributed by atoms with van der Waals surface area (Å²) in [6.45, 7) is 0. The average molecular weight is 367 g/mol. The number of ether oxygens (including phenoxy) is 1. The SMILES string of the molecule is O=C(Nc1ccc(F)cc1)C(Oc1cccnc1[N+](=O)[O-])c1ccccc1. The molecule has 0 radical (unpaired) electrons. The average Bonchev–Trinajstić information content (AvgIpc) is 2.68. The van der Waals surface area contributed by atoms with Gasteiger partial charge in [0.1, 0.15) is 12.0 Å². The zero-order valence-corrected chi connectivity index (χ0v) is 13.9. The second-order valence-corrected chi connectivity index (χ2v) is 5.49. The van der Waals surface area contributed by atoms with E-state index in [9.17, 15) is 19.3 Å². The smallest absolute Gasteiger partial charge is 0.406 e. The van der Waals surface area contributed by atoms with Gasteiger partial charge in [-0.25, -0.2) is 4.39 Å². The zero-order chi connectivity index (χ0) is 19.2. The van der Waals surface area contributed by atoms with Crippen LogP contribution < -0.4 is 10.1 Å². The Kier molecular flexibility index (Phi) is 5.36. The maximum absolute atomic E-state index is 13.0. The molecule has 0 spiro atoms. The van der Waals surface area contributed by atoms with Gasteiger partial charge in [0.2, 0.25) is 11.9 Å². The number of hydrogen-bond donors (Lipinski definition) is 1. The van der Waals surface area contributed by atoms with Crippen molar-refractivity contribution in [3.05, 3.63) is 94.4 Å². The summed E-state index contributed by atoms with van der Waals surface area (Å²) in [6, 6.07) is 16.6. The number of rotatable bonds is 6. The van der Waals surface area contributed by atoms with Crippen LogP contribution in [0.5, 0.6) is 5.75 Å². The Morgan fingerprint density at radius 3 is 2.44 bits per heavy atom. The Balaban J connectivity index is 1.91.